The van der Waals surface area contributed by atoms with Gasteiger partial charge in [-0.2, -0.15) is 4.98 Å². The second-order valence-corrected chi connectivity index (χ2v) is 6.16. The van der Waals surface area contributed by atoms with Gasteiger partial charge in [-0.3, -0.25) is 9.69 Å². The minimum Gasteiger partial charge on any atom is -0.468 e. The molecule has 2 heterocycles. The molecule has 0 saturated carbocycles. The van der Waals surface area contributed by atoms with Crippen LogP contribution in [0, 0.1) is 0 Å². The van der Waals surface area contributed by atoms with Crippen molar-refractivity contribution in [2.24, 2.45) is 0 Å². The van der Waals surface area contributed by atoms with Crippen molar-refractivity contribution < 1.29 is 18.8 Å². The normalized spacial score (nSPS) is 21.2. The largest absolute Gasteiger partial charge is 0.468 e. The Labute approximate surface area is 146 Å². The van der Waals surface area contributed by atoms with Crippen LogP contribution in [0.1, 0.15) is 30.1 Å². The average molecular weight is 345 g/mol. The van der Waals surface area contributed by atoms with Crippen LogP contribution in [0.2, 0.25) is 0 Å². The van der Waals surface area contributed by atoms with Gasteiger partial charge in [-0.15, -0.1) is 0 Å². The van der Waals surface area contributed by atoms with Gasteiger partial charge in [0.25, 0.3) is 0 Å². The summed E-state index contributed by atoms with van der Waals surface area (Å²) < 4.78 is 15.7. The SMILES string of the molecule is COC(=O)C1CC(OC)CCN1Cc1nc(Cc2ccccc2)no1. The maximum absolute atomic E-state index is 12.1. The van der Waals surface area contributed by atoms with Gasteiger partial charge in [0, 0.05) is 20.1 Å². The van der Waals surface area contributed by atoms with E-state index in [2.05, 4.69) is 10.1 Å². The van der Waals surface area contributed by atoms with Crippen LogP contribution in [0.25, 0.3) is 0 Å². The summed E-state index contributed by atoms with van der Waals surface area (Å²) in [4.78, 5) is 18.6. The van der Waals surface area contributed by atoms with Gasteiger partial charge in [0.05, 0.1) is 19.8 Å². The average Bonchev–Trinajstić information content (AvgIpc) is 3.09. The predicted molar refractivity (Wildman–Crippen MR) is 89.8 cm³/mol. The second-order valence-electron chi connectivity index (χ2n) is 6.16. The highest BCUT2D eigenvalue weighted by atomic mass is 16.5. The molecule has 1 aliphatic rings. The lowest BCUT2D eigenvalue weighted by Gasteiger charge is -2.36. The van der Waals surface area contributed by atoms with E-state index in [-0.39, 0.29) is 18.1 Å². The molecule has 3 rings (SSSR count). The fraction of sp³-hybridized carbons (Fsp3) is 0.500. The first-order valence-corrected chi connectivity index (χ1v) is 8.39. The molecule has 1 fully saturated rings. The number of carbonyl (C=O) groups excluding carboxylic acids is 1. The van der Waals surface area contributed by atoms with E-state index in [1.54, 1.807) is 7.11 Å². The molecular weight excluding hydrogens is 322 g/mol. The number of hydrogen-bond acceptors (Lipinski definition) is 7. The second kappa shape index (κ2) is 8.22. The van der Waals surface area contributed by atoms with E-state index in [4.69, 9.17) is 14.0 Å². The topological polar surface area (TPSA) is 77.7 Å². The van der Waals surface area contributed by atoms with Gasteiger partial charge < -0.3 is 14.0 Å². The molecule has 1 aromatic heterocycles. The van der Waals surface area contributed by atoms with Crippen LogP contribution in [-0.4, -0.2) is 53.9 Å². The Balaban J connectivity index is 1.65. The summed E-state index contributed by atoms with van der Waals surface area (Å²) >= 11 is 0. The van der Waals surface area contributed by atoms with Crippen LogP contribution < -0.4 is 0 Å². The van der Waals surface area contributed by atoms with Crippen molar-refractivity contribution >= 4 is 5.97 Å². The molecule has 1 aromatic carbocycles. The van der Waals surface area contributed by atoms with Crippen molar-refractivity contribution in [3.63, 3.8) is 0 Å². The van der Waals surface area contributed by atoms with Crippen LogP contribution >= 0.6 is 0 Å². The Bertz CT molecular complexity index is 689. The van der Waals surface area contributed by atoms with E-state index < -0.39 is 0 Å². The van der Waals surface area contributed by atoms with Crippen LogP contribution in [0.15, 0.2) is 34.9 Å². The molecule has 1 saturated heterocycles. The van der Waals surface area contributed by atoms with Crippen molar-refractivity contribution in [1.29, 1.82) is 0 Å². The Hall–Kier alpha value is -2.25. The molecular formula is C18H23N3O4. The number of likely N-dealkylation sites (tertiary alicyclic amines) is 1. The minimum atomic E-state index is -0.354. The monoisotopic (exact) mass is 345 g/mol. The summed E-state index contributed by atoms with van der Waals surface area (Å²) in [5, 5.41) is 4.04. The quantitative estimate of drug-likeness (QED) is 0.739. The van der Waals surface area contributed by atoms with Crippen molar-refractivity contribution in [3.8, 4) is 0 Å². The minimum absolute atomic E-state index is 0.0664. The number of methoxy groups -OCH3 is 2. The smallest absolute Gasteiger partial charge is 0.323 e. The third-order valence-corrected chi connectivity index (χ3v) is 4.53. The van der Waals surface area contributed by atoms with E-state index in [0.717, 1.165) is 12.0 Å². The van der Waals surface area contributed by atoms with Crippen molar-refractivity contribution in [2.75, 3.05) is 20.8 Å². The summed E-state index contributed by atoms with van der Waals surface area (Å²) in [5.41, 5.74) is 1.13. The third kappa shape index (κ3) is 4.43. The Morgan fingerprint density at radius 2 is 2.12 bits per heavy atom. The molecule has 0 amide bonds. The number of rotatable bonds is 6. The van der Waals surface area contributed by atoms with Crippen LogP contribution in [0.5, 0.6) is 0 Å². The number of carbonyl (C=O) groups is 1. The molecule has 2 unspecified atom stereocenters. The lowest BCUT2D eigenvalue weighted by atomic mass is 9.99. The van der Waals surface area contributed by atoms with Gasteiger partial charge in [-0.25, -0.2) is 0 Å². The predicted octanol–water partition coefficient (Wildman–Crippen LogP) is 1.81. The zero-order valence-corrected chi connectivity index (χ0v) is 14.6. The third-order valence-electron chi connectivity index (χ3n) is 4.53. The van der Waals surface area contributed by atoms with Crippen LogP contribution in [0.3, 0.4) is 0 Å². The van der Waals surface area contributed by atoms with Gasteiger partial charge in [0.1, 0.15) is 6.04 Å². The molecule has 2 aromatic rings. The standard InChI is InChI=1S/C18H23N3O4/c1-23-14-8-9-21(15(11-14)18(22)24-2)12-17-19-16(20-25-17)10-13-6-4-3-5-7-13/h3-7,14-15H,8-12H2,1-2H3. The molecule has 0 radical (unpaired) electrons. The summed E-state index contributed by atoms with van der Waals surface area (Å²) in [6, 6.07) is 9.64. The van der Waals surface area contributed by atoms with E-state index >= 15 is 0 Å². The highest BCUT2D eigenvalue weighted by molar-refractivity contribution is 5.75. The first-order valence-electron chi connectivity index (χ1n) is 8.39. The number of ether oxygens (including phenoxy) is 2. The molecule has 25 heavy (non-hydrogen) atoms. The van der Waals surface area contributed by atoms with Crippen molar-refractivity contribution in [1.82, 2.24) is 15.0 Å². The number of piperidine rings is 1. The summed E-state index contributed by atoms with van der Waals surface area (Å²) in [6.45, 7) is 1.15. The highest BCUT2D eigenvalue weighted by Crippen LogP contribution is 2.22. The lowest BCUT2D eigenvalue weighted by Crippen LogP contribution is -2.49. The fourth-order valence-corrected chi connectivity index (χ4v) is 3.14. The number of benzene rings is 1. The van der Waals surface area contributed by atoms with Gasteiger partial charge in [0.2, 0.25) is 5.89 Å². The molecule has 0 N–H and O–H groups in total. The maximum Gasteiger partial charge on any atom is 0.323 e. The van der Waals surface area contributed by atoms with Gasteiger partial charge in [-0.1, -0.05) is 35.5 Å². The first-order chi connectivity index (χ1) is 12.2. The van der Waals surface area contributed by atoms with E-state index in [0.29, 0.717) is 37.6 Å². The number of esters is 1. The van der Waals surface area contributed by atoms with Crippen LogP contribution in [0.4, 0.5) is 0 Å². The molecule has 134 valence electrons. The summed E-state index contributed by atoms with van der Waals surface area (Å²) in [7, 11) is 3.07. The Kier molecular flexibility index (Phi) is 5.78. The highest BCUT2D eigenvalue weighted by Gasteiger charge is 2.35. The van der Waals surface area contributed by atoms with Crippen LogP contribution in [-0.2, 0) is 27.2 Å². The number of nitrogens with zero attached hydrogens (tertiary/aromatic N) is 3. The van der Waals surface area contributed by atoms with Gasteiger partial charge in [0.15, 0.2) is 5.82 Å². The molecule has 7 heteroatoms. The first kappa shape index (κ1) is 17.6. The van der Waals surface area contributed by atoms with Gasteiger partial charge >= 0.3 is 5.97 Å². The summed E-state index contributed by atoms with van der Waals surface area (Å²) in [5.74, 6) is 0.893. The molecule has 0 spiro atoms. The zero-order valence-electron chi connectivity index (χ0n) is 14.6. The zero-order chi connectivity index (χ0) is 17.6. The molecule has 7 nitrogen and oxygen atoms in total. The van der Waals surface area contributed by atoms with Crippen molar-refractivity contribution in [3.05, 3.63) is 47.6 Å². The van der Waals surface area contributed by atoms with E-state index in [9.17, 15) is 4.79 Å². The fourth-order valence-electron chi connectivity index (χ4n) is 3.14. The Morgan fingerprint density at radius 3 is 2.84 bits per heavy atom. The molecule has 2 atom stereocenters. The Morgan fingerprint density at radius 1 is 1.32 bits per heavy atom. The summed E-state index contributed by atoms with van der Waals surface area (Å²) in [6.07, 6.45) is 2.15. The maximum atomic E-state index is 12.1. The molecule has 1 aliphatic heterocycles. The van der Waals surface area contributed by atoms with E-state index in [1.165, 1.54) is 7.11 Å². The van der Waals surface area contributed by atoms with Crippen molar-refractivity contribution in [2.45, 2.75) is 38.0 Å². The van der Waals surface area contributed by atoms with E-state index in [1.807, 2.05) is 35.2 Å². The lowest BCUT2D eigenvalue weighted by molar-refractivity contribution is -0.151. The number of hydrogen-bond donors (Lipinski definition) is 0. The molecule has 0 bridgehead atoms. The number of aromatic nitrogens is 2. The van der Waals surface area contributed by atoms with Gasteiger partial charge in [-0.05, 0) is 18.4 Å². The molecule has 0 aliphatic carbocycles.